The smallest absolute Gasteiger partial charge is 0.245 e. The first kappa shape index (κ1) is 24.8. The average molecular weight is 434 g/mol. The number of carbonyl (C=O) groups excluding carboxylic acids is 1. The van der Waals surface area contributed by atoms with Crippen molar-refractivity contribution in [1.29, 1.82) is 0 Å². The quantitative estimate of drug-likeness (QED) is 0.382. The van der Waals surface area contributed by atoms with Crippen molar-refractivity contribution in [2.75, 3.05) is 47.1 Å². The molecule has 1 aliphatic rings. The van der Waals surface area contributed by atoms with E-state index >= 15 is 0 Å². The van der Waals surface area contributed by atoms with Gasteiger partial charge in [0.25, 0.3) is 0 Å². The molecule has 31 heavy (non-hydrogen) atoms. The highest BCUT2D eigenvalue weighted by molar-refractivity contribution is 6.43. The van der Waals surface area contributed by atoms with Gasteiger partial charge >= 0.3 is 0 Å². The fourth-order valence-electron chi connectivity index (χ4n) is 3.42. The molecular weight excluding hydrogens is 398 g/mol. The third-order valence-electron chi connectivity index (χ3n) is 5.12. The molecule has 1 aromatic carbocycles. The van der Waals surface area contributed by atoms with Crippen LogP contribution in [0.4, 0.5) is 5.69 Å². The molecule has 0 spiro atoms. The zero-order chi connectivity index (χ0) is 22.6. The minimum absolute atomic E-state index is 0.0432. The van der Waals surface area contributed by atoms with Gasteiger partial charge in [-0.25, -0.2) is 4.99 Å². The highest BCUT2D eigenvalue weighted by atomic mass is 16.5. The number of aliphatic hydroxyl groups is 1. The van der Waals surface area contributed by atoms with Crippen LogP contribution in [0.1, 0.15) is 25.3 Å². The van der Waals surface area contributed by atoms with E-state index in [1.54, 1.807) is 14.2 Å². The van der Waals surface area contributed by atoms with E-state index in [0.29, 0.717) is 26.3 Å². The van der Waals surface area contributed by atoms with Gasteiger partial charge in [-0.05, 0) is 37.8 Å². The molecule has 1 aliphatic heterocycles. The Morgan fingerprint density at radius 2 is 2.13 bits per heavy atom. The number of amidine groups is 1. The predicted octanol–water partition coefficient (Wildman–Crippen LogP) is 0.810. The molecule has 172 valence electrons. The predicted molar refractivity (Wildman–Crippen MR) is 122 cm³/mol. The number of unbranched alkanes of at least 4 members (excludes halogenated alkanes) is 1. The lowest BCUT2D eigenvalue weighted by Crippen LogP contribution is -2.42. The van der Waals surface area contributed by atoms with Gasteiger partial charge in [-0.3, -0.25) is 9.79 Å². The van der Waals surface area contributed by atoms with Gasteiger partial charge in [-0.2, -0.15) is 0 Å². The summed E-state index contributed by atoms with van der Waals surface area (Å²) in [5.74, 6) is 1.15. The number of amides is 1. The Kier molecular flexibility index (Phi) is 10.4. The lowest BCUT2D eigenvalue weighted by molar-refractivity contribution is -0.123. The normalized spacial score (nSPS) is 18.0. The lowest BCUT2D eigenvalue weighted by Gasteiger charge is -2.22. The summed E-state index contributed by atoms with van der Waals surface area (Å²) in [5, 5.41) is 14.8. The van der Waals surface area contributed by atoms with E-state index in [4.69, 9.17) is 25.3 Å². The molecule has 2 atom stereocenters. The molecule has 1 heterocycles. The second-order valence-electron chi connectivity index (χ2n) is 7.51. The number of methoxy groups -OCH3 is 1. The number of rotatable bonds is 11. The maximum absolute atomic E-state index is 11.1. The van der Waals surface area contributed by atoms with E-state index in [0.717, 1.165) is 47.8 Å². The minimum atomic E-state index is -0.485. The van der Waals surface area contributed by atoms with Crippen molar-refractivity contribution in [3.05, 3.63) is 23.8 Å². The summed E-state index contributed by atoms with van der Waals surface area (Å²) in [6.07, 6.45) is 2.37. The van der Waals surface area contributed by atoms with Crippen molar-refractivity contribution in [3.8, 4) is 5.75 Å². The number of nitrogens with zero attached hydrogens (tertiary/aromatic N) is 2. The first-order valence-corrected chi connectivity index (χ1v) is 10.7. The zero-order valence-corrected chi connectivity index (χ0v) is 18.7. The van der Waals surface area contributed by atoms with Crippen LogP contribution >= 0.6 is 0 Å². The number of benzene rings is 1. The van der Waals surface area contributed by atoms with Crippen molar-refractivity contribution >= 4 is 23.1 Å². The number of nitrogens with two attached hydrogens (primary N) is 1. The van der Waals surface area contributed by atoms with Crippen LogP contribution < -0.4 is 21.1 Å². The van der Waals surface area contributed by atoms with Crippen LogP contribution in [0.25, 0.3) is 0 Å². The molecule has 5 N–H and O–H groups in total. The maximum atomic E-state index is 11.1. The van der Waals surface area contributed by atoms with Crippen LogP contribution in [0.2, 0.25) is 0 Å². The van der Waals surface area contributed by atoms with Crippen LogP contribution in [-0.2, 0) is 16.0 Å². The van der Waals surface area contributed by atoms with E-state index < -0.39 is 6.61 Å². The molecule has 0 bridgehead atoms. The number of ether oxygens (including phenoxy) is 2. The summed E-state index contributed by atoms with van der Waals surface area (Å²) >= 11 is 0. The molecule has 0 saturated carbocycles. The first-order valence-electron chi connectivity index (χ1n) is 10.7. The maximum Gasteiger partial charge on any atom is 0.245 e. The Bertz CT molecular complexity index is 779. The topological polar surface area (TPSA) is 131 Å². The van der Waals surface area contributed by atoms with Gasteiger partial charge in [0.2, 0.25) is 5.91 Å². The minimum Gasteiger partial charge on any atom is -0.491 e. The Morgan fingerprint density at radius 1 is 1.35 bits per heavy atom. The number of hydrogen-bond donors (Lipinski definition) is 4. The van der Waals surface area contributed by atoms with Gasteiger partial charge in [0, 0.05) is 45.3 Å². The largest absolute Gasteiger partial charge is 0.491 e. The zero-order valence-electron chi connectivity index (χ0n) is 18.7. The number of aliphatic imine (C=N–C) groups is 2. The third-order valence-corrected chi connectivity index (χ3v) is 5.12. The number of carbonyl (C=O) groups is 1. The number of fused-ring (bicyclic) bond motifs is 1. The SMILES string of the molecule is C/N=C1/C(NCCCCNC(=O)CO)=Nc2cc(OCCOC)ccc2CC1C(C)N. The van der Waals surface area contributed by atoms with E-state index in [9.17, 15) is 4.79 Å². The lowest BCUT2D eigenvalue weighted by atomic mass is 9.89. The molecule has 0 aromatic heterocycles. The van der Waals surface area contributed by atoms with Gasteiger partial charge in [0.15, 0.2) is 0 Å². The van der Waals surface area contributed by atoms with E-state index in [1.165, 1.54) is 0 Å². The average Bonchev–Trinajstić information content (AvgIpc) is 2.92. The Balaban J connectivity index is 2.14. The molecule has 9 heteroatoms. The summed E-state index contributed by atoms with van der Waals surface area (Å²) < 4.78 is 10.8. The van der Waals surface area contributed by atoms with Gasteiger partial charge in [0.1, 0.15) is 24.8 Å². The summed E-state index contributed by atoms with van der Waals surface area (Å²) in [6, 6.07) is 5.84. The van der Waals surface area contributed by atoms with Crippen molar-refractivity contribution in [1.82, 2.24) is 10.6 Å². The fraction of sp³-hybridized carbons (Fsp3) is 0.591. The molecule has 0 radical (unpaired) electrons. The molecule has 0 saturated heterocycles. The van der Waals surface area contributed by atoms with E-state index in [1.807, 2.05) is 25.1 Å². The molecule has 2 unspecified atom stereocenters. The van der Waals surface area contributed by atoms with E-state index in [-0.39, 0.29) is 17.9 Å². The molecule has 2 rings (SSSR count). The number of aliphatic hydroxyl groups excluding tert-OH is 1. The van der Waals surface area contributed by atoms with Crippen molar-refractivity contribution in [3.63, 3.8) is 0 Å². The molecule has 1 amide bonds. The van der Waals surface area contributed by atoms with Gasteiger partial charge in [0.05, 0.1) is 18.0 Å². The van der Waals surface area contributed by atoms with Crippen LogP contribution in [0, 0.1) is 5.92 Å². The summed E-state index contributed by atoms with van der Waals surface area (Å²) in [7, 11) is 3.41. The number of nitrogens with one attached hydrogen (secondary N) is 2. The summed E-state index contributed by atoms with van der Waals surface area (Å²) in [6.45, 7) is 3.70. The van der Waals surface area contributed by atoms with Crippen LogP contribution in [-0.4, -0.2) is 75.7 Å². The Labute approximate surface area is 184 Å². The molecule has 1 aromatic rings. The van der Waals surface area contributed by atoms with E-state index in [2.05, 4.69) is 15.6 Å². The molecular formula is C22H35N5O4. The van der Waals surface area contributed by atoms with Gasteiger partial charge in [-0.15, -0.1) is 0 Å². The Hall–Kier alpha value is -2.49. The fourth-order valence-corrected chi connectivity index (χ4v) is 3.42. The molecule has 0 fully saturated rings. The number of hydrogen-bond acceptors (Lipinski definition) is 8. The Morgan fingerprint density at radius 3 is 2.81 bits per heavy atom. The van der Waals surface area contributed by atoms with Crippen molar-refractivity contribution < 1.29 is 19.4 Å². The second kappa shape index (κ2) is 13.0. The van der Waals surface area contributed by atoms with Crippen molar-refractivity contribution in [2.45, 2.75) is 32.2 Å². The van der Waals surface area contributed by atoms with Gasteiger partial charge < -0.3 is 30.9 Å². The van der Waals surface area contributed by atoms with Crippen molar-refractivity contribution in [2.24, 2.45) is 21.6 Å². The highest BCUT2D eigenvalue weighted by Gasteiger charge is 2.28. The molecule has 9 nitrogen and oxygen atoms in total. The van der Waals surface area contributed by atoms with Gasteiger partial charge in [-0.1, -0.05) is 6.07 Å². The summed E-state index contributed by atoms with van der Waals surface area (Å²) in [4.78, 5) is 20.5. The summed E-state index contributed by atoms with van der Waals surface area (Å²) in [5.41, 5.74) is 9.12. The van der Waals surface area contributed by atoms with Crippen LogP contribution in [0.5, 0.6) is 5.75 Å². The van der Waals surface area contributed by atoms with Crippen LogP contribution in [0.3, 0.4) is 0 Å². The molecule has 0 aliphatic carbocycles. The first-order chi connectivity index (χ1) is 15.0. The second-order valence-corrected chi connectivity index (χ2v) is 7.51. The highest BCUT2D eigenvalue weighted by Crippen LogP contribution is 2.31. The standard InChI is InChI=1S/C22H35N5O4/c1-15(23)18-12-16-6-7-17(31-11-10-30-3)13-19(16)27-22(21(18)24-2)26-9-5-4-8-25-20(29)14-28/h6-7,13,15,18,28H,4-5,8-12,14,23H2,1-3H3,(H,25,29)(H,26,27)/b24-21+. The third kappa shape index (κ3) is 7.61. The monoisotopic (exact) mass is 433 g/mol. The van der Waals surface area contributed by atoms with Crippen LogP contribution in [0.15, 0.2) is 28.2 Å².